The van der Waals surface area contributed by atoms with Crippen molar-refractivity contribution in [1.29, 1.82) is 0 Å². The number of aliphatic hydroxyl groups is 2. The first-order valence-corrected chi connectivity index (χ1v) is 6.23. The van der Waals surface area contributed by atoms with Gasteiger partial charge in [-0.3, -0.25) is 0 Å². The molecular weight excluding hydrogens is 278 g/mol. The Morgan fingerprint density at radius 2 is 2.28 bits per heavy atom. The van der Waals surface area contributed by atoms with Crippen LogP contribution in [0, 0.1) is 0 Å². The van der Waals surface area contributed by atoms with Crippen LogP contribution in [0.15, 0.2) is 12.3 Å². The maximum atomic E-state index is 11.4. The van der Waals surface area contributed by atoms with Crippen molar-refractivity contribution in [3.05, 3.63) is 28.5 Å². The Morgan fingerprint density at radius 3 is 2.83 bits per heavy atom. The minimum Gasteiger partial charge on any atom is -0.465 e. The van der Waals surface area contributed by atoms with Crippen molar-refractivity contribution in [2.24, 2.45) is 0 Å². The third-order valence-corrected chi connectivity index (χ3v) is 2.96. The molecule has 0 aliphatic rings. The van der Waals surface area contributed by atoms with Gasteiger partial charge in [0.15, 0.2) is 0 Å². The molecule has 18 heavy (non-hydrogen) atoms. The first-order valence-electron chi connectivity index (χ1n) is 5.22. The van der Waals surface area contributed by atoms with Gasteiger partial charge in [-0.1, -0.05) is 11.6 Å². The SMILES string of the molecule is COC(=O)c1cc(C(O)C(O)CCS)cnc1Cl. The summed E-state index contributed by atoms with van der Waals surface area (Å²) in [6.07, 6.45) is -0.497. The van der Waals surface area contributed by atoms with Crippen LogP contribution in [0.4, 0.5) is 0 Å². The lowest BCUT2D eigenvalue weighted by molar-refractivity contribution is 0.0169. The summed E-state index contributed by atoms with van der Waals surface area (Å²) in [5, 5.41) is 19.5. The quantitative estimate of drug-likeness (QED) is 0.432. The highest BCUT2D eigenvalue weighted by Crippen LogP contribution is 2.23. The van der Waals surface area contributed by atoms with E-state index in [4.69, 9.17) is 11.6 Å². The molecule has 2 N–H and O–H groups in total. The van der Waals surface area contributed by atoms with Gasteiger partial charge in [0, 0.05) is 11.8 Å². The minimum atomic E-state index is -1.15. The zero-order chi connectivity index (χ0) is 13.7. The van der Waals surface area contributed by atoms with Crippen LogP contribution in [-0.2, 0) is 4.74 Å². The number of hydrogen-bond acceptors (Lipinski definition) is 6. The fourth-order valence-electron chi connectivity index (χ4n) is 1.39. The molecule has 0 radical (unpaired) electrons. The Hall–Kier alpha value is -0.820. The third-order valence-electron chi connectivity index (χ3n) is 2.40. The van der Waals surface area contributed by atoms with E-state index in [0.717, 1.165) is 0 Å². The van der Waals surface area contributed by atoms with Crippen molar-refractivity contribution in [2.45, 2.75) is 18.6 Å². The Bertz CT molecular complexity index is 430. The van der Waals surface area contributed by atoms with E-state index in [1.165, 1.54) is 19.4 Å². The van der Waals surface area contributed by atoms with Crippen LogP contribution in [0.25, 0.3) is 0 Å². The second-order valence-corrected chi connectivity index (χ2v) is 4.43. The van der Waals surface area contributed by atoms with Crippen LogP contribution in [0.1, 0.15) is 28.4 Å². The zero-order valence-electron chi connectivity index (χ0n) is 9.71. The fourth-order valence-corrected chi connectivity index (χ4v) is 1.84. The molecule has 0 aliphatic carbocycles. The number of nitrogens with zero attached hydrogens (tertiary/aromatic N) is 1. The molecule has 0 fully saturated rings. The van der Waals surface area contributed by atoms with E-state index < -0.39 is 18.2 Å². The normalized spacial score (nSPS) is 14.1. The molecule has 0 saturated carbocycles. The smallest absolute Gasteiger partial charge is 0.341 e. The Labute approximate surface area is 115 Å². The number of ether oxygens (including phenoxy) is 1. The molecule has 0 amide bonds. The highest BCUT2D eigenvalue weighted by Gasteiger charge is 2.21. The van der Waals surface area contributed by atoms with Crippen molar-refractivity contribution in [3.63, 3.8) is 0 Å². The number of hydrogen-bond donors (Lipinski definition) is 3. The summed E-state index contributed by atoms with van der Waals surface area (Å²) in [5.41, 5.74) is 0.350. The molecule has 1 rings (SSSR count). The maximum Gasteiger partial charge on any atom is 0.341 e. The van der Waals surface area contributed by atoms with Gasteiger partial charge in [-0.2, -0.15) is 12.6 Å². The molecule has 2 atom stereocenters. The Morgan fingerprint density at radius 1 is 1.61 bits per heavy atom. The first-order chi connectivity index (χ1) is 8.51. The number of aliphatic hydroxyl groups excluding tert-OH is 2. The lowest BCUT2D eigenvalue weighted by Gasteiger charge is -2.17. The second kappa shape index (κ2) is 6.94. The number of methoxy groups -OCH3 is 1. The average Bonchev–Trinajstić information content (AvgIpc) is 2.38. The number of esters is 1. The molecule has 7 heteroatoms. The van der Waals surface area contributed by atoms with Gasteiger partial charge in [0.1, 0.15) is 11.3 Å². The van der Waals surface area contributed by atoms with Crippen LogP contribution >= 0.6 is 24.2 Å². The van der Waals surface area contributed by atoms with E-state index >= 15 is 0 Å². The van der Waals surface area contributed by atoms with E-state index in [0.29, 0.717) is 17.7 Å². The largest absolute Gasteiger partial charge is 0.465 e. The Balaban J connectivity index is 3.00. The average molecular weight is 292 g/mol. The van der Waals surface area contributed by atoms with Crippen LogP contribution < -0.4 is 0 Å². The monoisotopic (exact) mass is 291 g/mol. The standard InChI is InChI=1S/C11H14ClNO4S/c1-17-11(16)7-4-6(5-13-10(7)12)9(15)8(14)2-3-18/h4-5,8-9,14-15,18H,2-3H2,1H3. The van der Waals surface area contributed by atoms with Gasteiger partial charge in [-0.15, -0.1) is 0 Å². The summed E-state index contributed by atoms with van der Waals surface area (Å²) in [6.45, 7) is 0. The molecule has 100 valence electrons. The van der Waals surface area contributed by atoms with Gasteiger partial charge in [-0.25, -0.2) is 9.78 Å². The molecule has 0 aromatic carbocycles. The summed E-state index contributed by atoms with van der Waals surface area (Å²) in [5.74, 6) is -0.214. The van der Waals surface area contributed by atoms with Crippen LogP contribution in [0.2, 0.25) is 5.15 Å². The molecule has 1 aromatic heterocycles. The van der Waals surface area contributed by atoms with E-state index in [-0.39, 0.29) is 10.7 Å². The van der Waals surface area contributed by atoms with Crippen molar-refractivity contribution in [2.75, 3.05) is 12.9 Å². The van der Waals surface area contributed by atoms with Crippen molar-refractivity contribution in [3.8, 4) is 0 Å². The summed E-state index contributed by atoms with van der Waals surface area (Å²) in [7, 11) is 1.22. The van der Waals surface area contributed by atoms with Crippen LogP contribution in [-0.4, -0.2) is 40.1 Å². The second-order valence-electron chi connectivity index (χ2n) is 3.62. The van der Waals surface area contributed by atoms with E-state index in [2.05, 4.69) is 22.3 Å². The molecular formula is C11H14ClNO4S. The maximum absolute atomic E-state index is 11.4. The zero-order valence-corrected chi connectivity index (χ0v) is 11.4. The lowest BCUT2D eigenvalue weighted by Crippen LogP contribution is -2.19. The predicted molar refractivity (Wildman–Crippen MR) is 70.0 cm³/mol. The topological polar surface area (TPSA) is 79.7 Å². The highest BCUT2D eigenvalue weighted by atomic mass is 35.5. The van der Waals surface area contributed by atoms with Gasteiger partial charge in [0.25, 0.3) is 0 Å². The van der Waals surface area contributed by atoms with E-state index in [9.17, 15) is 15.0 Å². The molecule has 0 spiro atoms. The molecule has 1 heterocycles. The number of carbonyl (C=O) groups is 1. The number of aromatic nitrogens is 1. The van der Waals surface area contributed by atoms with E-state index in [1.54, 1.807) is 0 Å². The fraction of sp³-hybridized carbons (Fsp3) is 0.455. The summed E-state index contributed by atoms with van der Waals surface area (Å²) < 4.78 is 4.54. The molecule has 0 aliphatic heterocycles. The molecule has 1 aromatic rings. The number of rotatable bonds is 5. The first kappa shape index (κ1) is 15.2. The summed E-state index contributed by atoms with van der Waals surface area (Å²) in [4.78, 5) is 15.2. The van der Waals surface area contributed by atoms with Crippen LogP contribution in [0.3, 0.4) is 0 Å². The van der Waals surface area contributed by atoms with Crippen molar-refractivity contribution in [1.82, 2.24) is 4.98 Å². The van der Waals surface area contributed by atoms with Gasteiger partial charge in [0.05, 0.1) is 18.8 Å². The molecule has 2 unspecified atom stereocenters. The summed E-state index contributed by atoms with van der Waals surface area (Å²) in [6, 6.07) is 1.35. The number of halogens is 1. The minimum absolute atomic E-state index is 0.0125. The van der Waals surface area contributed by atoms with Crippen molar-refractivity contribution < 1.29 is 19.7 Å². The predicted octanol–water partition coefficient (Wildman–Crippen LogP) is 1.24. The Kier molecular flexibility index (Phi) is 5.87. The number of pyridine rings is 1. The third kappa shape index (κ3) is 3.58. The molecule has 0 bridgehead atoms. The molecule has 0 saturated heterocycles. The number of carbonyl (C=O) groups excluding carboxylic acids is 1. The number of thiol groups is 1. The van der Waals surface area contributed by atoms with Gasteiger partial charge < -0.3 is 14.9 Å². The lowest BCUT2D eigenvalue weighted by atomic mass is 10.0. The van der Waals surface area contributed by atoms with Crippen molar-refractivity contribution >= 4 is 30.2 Å². The molecule has 5 nitrogen and oxygen atoms in total. The van der Waals surface area contributed by atoms with Gasteiger partial charge >= 0.3 is 5.97 Å². The van der Waals surface area contributed by atoms with Gasteiger partial charge in [0.2, 0.25) is 0 Å². The summed E-state index contributed by atoms with van der Waals surface area (Å²) >= 11 is 9.72. The highest BCUT2D eigenvalue weighted by molar-refractivity contribution is 7.80. The van der Waals surface area contributed by atoms with Crippen LogP contribution in [0.5, 0.6) is 0 Å². The van der Waals surface area contributed by atoms with E-state index in [1.807, 2.05) is 0 Å². The van der Waals surface area contributed by atoms with Gasteiger partial charge in [-0.05, 0) is 18.2 Å².